The number of nitrogens with one attached hydrogen (secondary N) is 1. The molecule has 0 fully saturated rings. The number of rotatable bonds is 4. The van der Waals surface area contributed by atoms with Crippen LogP contribution < -0.4 is 5.32 Å². The molecule has 1 N–H and O–H groups in total. The summed E-state index contributed by atoms with van der Waals surface area (Å²) in [5.74, 6) is 1.82. The van der Waals surface area contributed by atoms with Crippen molar-refractivity contribution in [3.63, 3.8) is 0 Å². The molecule has 1 atom stereocenters. The van der Waals surface area contributed by atoms with Crippen molar-refractivity contribution in [2.75, 3.05) is 6.54 Å². The predicted molar refractivity (Wildman–Crippen MR) is 77.9 cm³/mol. The number of nitrogens with zero attached hydrogens (tertiary/aromatic N) is 2. The molecule has 0 unspecified atom stereocenters. The fourth-order valence-corrected chi connectivity index (χ4v) is 3.97. The standard InChI is InChI=1S/C13H16BrN3S/c14-12-4-3-11(18-12)9-15-8-10-2-1-6-17-7-5-16-13(10)17/h3-5,7,10,15H,1-2,6,8-9H2/t10-/m1/s1. The summed E-state index contributed by atoms with van der Waals surface area (Å²) in [5.41, 5.74) is 0. The Balaban J connectivity index is 1.55. The zero-order chi connectivity index (χ0) is 12.4. The Hall–Kier alpha value is -0.650. The van der Waals surface area contributed by atoms with Gasteiger partial charge >= 0.3 is 0 Å². The van der Waals surface area contributed by atoms with E-state index in [1.165, 1.54) is 27.3 Å². The summed E-state index contributed by atoms with van der Waals surface area (Å²) in [6.07, 6.45) is 6.53. The topological polar surface area (TPSA) is 29.9 Å². The van der Waals surface area contributed by atoms with Gasteiger partial charge in [-0.15, -0.1) is 11.3 Å². The molecule has 0 amide bonds. The van der Waals surface area contributed by atoms with Crippen LogP contribution in [0.5, 0.6) is 0 Å². The number of hydrogen-bond acceptors (Lipinski definition) is 3. The molecule has 3 rings (SSSR count). The number of aryl methyl sites for hydroxylation is 1. The molecule has 5 heteroatoms. The lowest BCUT2D eigenvalue weighted by atomic mass is 9.99. The highest BCUT2D eigenvalue weighted by atomic mass is 79.9. The van der Waals surface area contributed by atoms with E-state index in [1.807, 2.05) is 6.20 Å². The zero-order valence-electron chi connectivity index (χ0n) is 10.1. The number of fused-ring (bicyclic) bond motifs is 1. The molecule has 0 spiro atoms. The second-order valence-corrected chi connectivity index (χ2v) is 7.20. The van der Waals surface area contributed by atoms with Crippen molar-refractivity contribution in [3.05, 3.63) is 39.0 Å². The third kappa shape index (κ3) is 2.68. The Morgan fingerprint density at radius 1 is 1.50 bits per heavy atom. The molecule has 2 aromatic heterocycles. The molecular formula is C13H16BrN3S. The van der Waals surface area contributed by atoms with E-state index < -0.39 is 0 Å². The summed E-state index contributed by atoms with van der Waals surface area (Å²) in [6, 6.07) is 4.28. The quantitative estimate of drug-likeness (QED) is 0.933. The van der Waals surface area contributed by atoms with Crippen molar-refractivity contribution >= 4 is 27.3 Å². The van der Waals surface area contributed by atoms with Crippen molar-refractivity contribution in [2.24, 2.45) is 0 Å². The van der Waals surface area contributed by atoms with Crippen LogP contribution in [0.25, 0.3) is 0 Å². The van der Waals surface area contributed by atoms with Gasteiger partial charge in [0, 0.05) is 42.8 Å². The van der Waals surface area contributed by atoms with Gasteiger partial charge in [-0.3, -0.25) is 0 Å². The molecule has 0 aromatic carbocycles. The van der Waals surface area contributed by atoms with E-state index in [2.05, 4.69) is 49.1 Å². The molecule has 3 heterocycles. The second kappa shape index (κ2) is 5.55. The van der Waals surface area contributed by atoms with E-state index in [-0.39, 0.29) is 0 Å². The van der Waals surface area contributed by atoms with Crippen LogP contribution in [0.15, 0.2) is 28.3 Å². The van der Waals surface area contributed by atoms with Gasteiger partial charge in [0.05, 0.1) is 3.79 Å². The summed E-state index contributed by atoms with van der Waals surface area (Å²) in [4.78, 5) is 5.86. The van der Waals surface area contributed by atoms with E-state index in [0.717, 1.165) is 19.6 Å². The first-order valence-electron chi connectivity index (χ1n) is 6.29. The van der Waals surface area contributed by atoms with Crippen LogP contribution in [0.1, 0.15) is 29.5 Å². The van der Waals surface area contributed by atoms with Gasteiger partial charge in [0.25, 0.3) is 0 Å². The van der Waals surface area contributed by atoms with Crippen LogP contribution in [-0.2, 0) is 13.1 Å². The molecule has 0 radical (unpaired) electrons. The number of imidazole rings is 1. The molecule has 1 aliphatic heterocycles. The lowest BCUT2D eigenvalue weighted by molar-refractivity contribution is 0.423. The summed E-state index contributed by atoms with van der Waals surface area (Å²) in [5, 5.41) is 3.55. The molecular weight excluding hydrogens is 310 g/mol. The second-order valence-electron chi connectivity index (χ2n) is 4.65. The Morgan fingerprint density at radius 3 is 3.28 bits per heavy atom. The van der Waals surface area contributed by atoms with Gasteiger partial charge in [0.1, 0.15) is 5.82 Å². The fraction of sp³-hybridized carbons (Fsp3) is 0.462. The van der Waals surface area contributed by atoms with Crippen molar-refractivity contribution in [2.45, 2.75) is 31.8 Å². The Labute approximate surface area is 119 Å². The first kappa shape index (κ1) is 12.4. The highest BCUT2D eigenvalue weighted by Crippen LogP contribution is 2.25. The molecule has 0 aliphatic carbocycles. The molecule has 0 saturated carbocycles. The summed E-state index contributed by atoms with van der Waals surface area (Å²) < 4.78 is 3.49. The SMILES string of the molecule is Brc1ccc(CNC[C@H]2CCCn3ccnc32)s1. The van der Waals surface area contributed by atoms with Gasteiger partial charge < -0.3 is 9.88 Å². The maximum Gasteiger partial charge on any atom is 0.113 e. The monoisotopic (exact) mass is 325 g/mol. The van der Waals surface area contributed by atoms with Gasteiger partial charge in [-0.25, -0.2) is 4.98 Å². The van der Waals surface area contributed by atoms with E-state index in [0.29, 0.717) is 5.92 Å². The average molecular weight is 326 g/mol. The zero-order valence-corrected chi connectivity index (χ0v) is 12.5. The van der Waals surface area contributed by atoms with E-state index in [9.17, 15) is 0 Å². The first-order valence-corrected chi connectivity index (χ1v) is 7.90. The van der Waals surface area contributed by atoms with Crippen LogP contribution in [0, 0.1) is 0 Å². The number of hydrogen-bond donors (Lipinski definition) is 1. The smallest absolute Gasteiger partial charge is 0.113 e. The van der Waals surface area contributed by atoms with Crippen LogP contribution in [0.3, 0.4) is 0 Å². The Morgan fingerprint density at radius 2 is 2.44 bits per heavy atom. The third-order valence-electron chi connectivity index (χ3n) is 3.38. The molecule has 3 nitrogen and oxygen atoms in total. The molecule has 96 valence electrons. The number of thiophene rings is 1. The lowest BCUT2D eigenvalue weighted by Crippen LogP contribution is -2.26. The van der Waals surface area contributed by atoms with Crippen molar-refractivity contribution in [3.8, 4) is 0 Å². The normalized spacial score (nSPS) is 18.8. The minimum absolute atomic E-state index is 0.567. The minimum atomic E-state index is 0.567. The summed E-state index contributed by atoms with van der Waals surface area (Å²) in [6.45, 7) is 3.10. The largest absolute Gasteiger partial charge is 0.335 e. The van der Waals surface area contributed by atoms with Crippen molar-refractivity contribution in [1.82, 2.24) is 14.9 Å². The maximum absolute atomic E-state index is 4.49. The minimum Gasteiger partial charge on any atom is -0.335 e. The van der Waals surface area contributed by atoms with Crippen LogP contribution in [-0.4, -0.2) is 16.1 Å². The Bertz CT molecular complexity index is 520. The van der Waals surface area contributed by atoms with Gasteiger partial charge in [0.15, 0.2) is 0 Å². The summed E-state index contributed by atoms with van der Waals surface area (Å²) >= 11 is 5.29. The fourth-order valence-electron chi connectivity index (χ4n) is 2.52. The molecule has 0 bridgehead atoms. The maximum atomic E-state index is 4.49. The van der Waals surface area contributed by atoms with Crippen molar-refractivity contribution < 1.29 is 0 Å². The molecule has 2 aromatic rings. The third-order valence-corrected chi connectivity index (χ3v) is 5.01. The lowest BCUT2D eigenvalue weighted by Gasteiger charge is -2.23. The number of aromatic nitrogens is 2. The van der Waals surface area contributed by atoms with Gasteiger partial charge in [-0.05, 0) is 40.9 Å². The van der Waals surface area contributed by atoms with E-state index in [4.69, 9.17) is 0 Å². The van der Waals surface area contributed by atoms with Gasteiger partial charge in [-0.1, -0.05) is 0 Å². The number of halogens is 1. The first-order chi connectivity index (χ1) is 8.83. The average Bonchev–Trinajstić information content (AvgIpc) is 2.98. The van der Waals surface area contributed by atoms with Crippen LogP contribution >= 0.6 is 27.3 Å². The van der Waals surface area contributed by atoms with E-state index >= 15 is 0 Å². The van der Waals surface area contributed by atoms with Crippen LogP contribution in [0.4, 0.5) is 0 Å². The summed E-state index contributed by atoms with van der Waals surface area (Å²) in [7, 11) is 0. The highest BCUT2D eigenvalue weighted by molar-refractivity contribution is 9.11. The van der Waals surface area contributed by atoms with Crippen molar-refractivity contribution in [1.29, 1.82) is 0 Å². The molecule has 1 aliphatic rings. The highest BCUT2D eigenvalue weighted by Gasteiger charge is 2.20. The Kier molecular flexibility index (Phi) is 3.82. The molecule has 0 saturated heterocycles. The van der Waals surface area contributed by atoms with E-state index in [1.54, 1.807) is 11.3 Å². The molecule has 18 heavy (non-hydrogen) atoms. The van der Waals surface area contributed by atoms with Gasteiger partial charge in [0.2, 0.25) is 0 Å². The van der Waals surface area contributed by atoms with Crippen LogP contribution in [0.2, 0.25) is 0 Å². The van der Waals surface area contributed by atoms with Gasteiger partial charge in [-0.2, -0.15) is 0 Å². The predicted octanol–water partition coefficient (Wildman–Crippen LogP) is 3.37.